The van der Waals surface area contributed by atoms with Gasteiger partial charge in [-0.2, -0.15) is 0 Å². The zero-order chi connectivity index (χ0) is 22.6. The molecule has 0 spiro atoms. The number of pyridine rings is 1. The minimum absolute atomic E-state index is 0.0253. The average molecular weight is 471 g/mol. The van der Waals surface area contributed by atoms with Crippen molar-refractivity contribution in [3.8, 4) is 0 Å². The van der Waals surface area contributed by atoms with Gasteiger partial charge in [0.2, 0.25) is 10.0 Å². The number of aliphatic hydroxyl groups excluding tert-OH is 1. The van der Waals surface area contributed by atoms with E-state index in [1.165, 1.54) is 40.1 Å². The monoisotopic (exact) mass is 470 g/mol. The van der Waals surface area contributed by atoms with Gasteiger partial charge in [0.05, 0.1) is 21.2 Å². The number of anilines is 1. The largest absolute Gasteiger partial charge is 0.504 e. The lowest BCUT2D eigenvalue weighted by atomic mass is 9.97. The fraction of sp³-hybridized carbons (Fsp3) is 0.350. The van der Waals surface area contributed by atoms with E-state index in [1.807, 2.05) is 0 Å². The molecule has 0 saturated heterocycles. The molecule has 0 radical (unpaired) electrons. The van der Waals surface area contributed by atoms with Crippen LogP contribution in [0.3, 0.4) is 0 Å². The number of nitrogens with zero attached hydrogens (tertiary/aromatic N) is 2. The molecule has 0 unspecified atom stereocenters. The molecule has 0 saturated carbocycles. The van der Waals surface area contributed by atoms with E-state index in [4.69, 9.17) is 11.6 Å². The van der Waals surface area contributed by atoms with E-state index in [-0.39, 0.29) is 32.6 Å². The first kappa shape index (κ1) is 22.6. The quantitative estimate of drug-likeness (QED) is 0.727. The summed E-state index contributed by atoms with van der Waals surface area (Å²) < 4.78 is 51.6. The Hall–Kier alpha value is -2.10. The molecular formula is C20H23ClN2O5S2. The summed E-state index contributed by atoms with van der Waals surface area (Å²) >= 11 is 6.58. The molecular weight excluding hydrogens is 448 g/mol. The average Bonchev–Trinajstić information content (AvgIpc) is 2.68. The van der Waals surface area contributed by atoms with Crippen LogP contribution in [0.1, 0.15) is 43.2 Å². The topological polar surface area (TPSA) is 105 Å². The summed E-state index contributed by atoms with van der Waals surface area (Å²) in [7, 11) is -6.39. The molecule has 1 aromatic carbocycles. The van der Waals surface area contributed by atoms with Crippen LogP contribution in [-0.4, -0.2) is 39.7 Å². The number of benzene rings is 1. The molecule has 7 nitrogen and oxygen atoms in total. The lowest BCUT2D eigenvalue weighted by Gasteiger charge is -2.33. The maximum absolute atomic E-state index is 13.5. The molecule has 10 heteroatoms. The summed E-state index contributed by atoms with van der Waals surface area (Å²) in [6, 6.07) is 6.27. The first-order valence-corrected chi connectivity index (χ1v) is 12.7. The Bertz CT molecular complexity index is 1280. The molecule has 1 aliphatic heterocycles. The van der Waals surface area contributed by atoms with Gasteiger partial charge < -0.3 is 5.11 Å². The second-order valence-corrected chi connectivity index (χ2v) is 12.7. The highest BCUT2D eigenvalue weighted by Crippen LogP contribution is 2.50. The van der Waals surface area contributed by atoms with Gasteiger partial charge in [-0.3, -0.25) is 9.29 Å². The van der Waals surface area contributed by atoms with Crippen LogP contribution in [0.5, 0.6) is 0 Å². The van der Waals surface area contributed by atoms with Crippen molar-refractivity contribution in [1.82, 2.24) is 4.98 Å². The number of sulfonamides is 1. The van der Waals surface area contributed by atoms with Crippen LogP contribution in [0.2, 0.25) is 5.02 Å². The highest BCUT2D eigenvalue weighted by molar-refractivity contribution is 8.01. The number of hydrogen-bond donors (Lipinski definition) is 1. The number of fused-ring (bicyclic) bond motifs is 1. The zero-order valence-corrected chi connectivity index (χ0v) is 19.7. The molecule has 0 aliphatic carbocycles. The van der Waals surface area contributed by atoms with E-state index < -0.39 is 30.4 Å². The Morgan fingerprint density at radius 1 is 1.23 bits per heavy atom. The predicted molar refractivity (Wildman–Crippen MR) is 120 cm³/mol. The molecule has 1 aromatic heterocycles. The SMILES string of the molecule is CCS(=O)(=O)N(C)c1c(C)ccc(C2=C(O)c3ncccc3C(C)(C)S2(=O)=O)c1Cl. The van der Waals surface area contributed by atoms with Crippen LogP contribution < -0.4 is 4.31 Å². The third kappa shape index (κ3) is 3.11. The van der Waals surface area contributed by atoms with Gasteiger partial charge in [-0.25, -0.2) is 16.8 Å². The lowest BCUT2D eigenvalue weighted by molar-refractivity contribution is 0.501. The van der Waals surface area contributed by atoms with Gasteiger partial charge >= 0.3 is 0 Å². The van der Waals surface area contributed by atoms with Crippen molar-refractivity contribution in [3.63, 3.8) is 0 Å². The fourth-order valence-corrected chi connectivity index (χ4v) is 6.76. The second kappa shape index (κ2) is 7.25. The van der Waals surface area contributed by atoms with E-state index in [9.17, 15) is 21.9 Å². The standard InChI is InChI=1S/C20H23ClN2O5S2/c1-6-29(25,26)23(5)17-12(2)9-10-13(15(17)21)19-18(24)16-14(8-7-11-22-16)20(3,4)30(19,27)28/h7-11,24H,6H2,1-5H3. The van der Waals surface area contributed by atoms with Gasteiger partial charge in [0.1, 0.15) is 10.6 Å². The first-order valence-electron chi connectivity index (χ1n) is 9.18. The molecule has 2 aromatic rings. The van der Waals surface area contributed by atoms with Gasteiger partial charge in [-0.15, -0.1) is 0 Å². The van der Waals surface area contributed by atoms with Crippen LogP contribution in [-0.2, 0) is 24.6 Å². The number of aromatic nitrogens is 1. The highest BCUT2D eigenvalue weighted by Gasteiger charge is 2.48. The Labute approximate surface area is 182 Å². The summed E-state index contributed by atoms with van der Waals surface area (Å²) in [4.78, 5) is 3.80. The van der Waals surface area contributed by atoms with Gasteiger partial charge in [0.25, 0.3) is 0 Å². The number of halogens is 1. The summed E-state index contributed by atoms with van der Waals surface area (Å²) in [6.45, 7) is 6.25. The number of hydrogen-bond acceptors (Lipinski definition) is 6. The van der Waals surface area contributed by atoms with E-state index >= 15 is 0 Å². The third-order valence-corrected chi connectivity index (χ3v) is 10.1. The molecule has 3 rings (SSSR count). The van der Waals surface area contributed by atoms with Gasteiger partial charge in [0.15, 0.2) is 15.6 Å². The Balaban J connectivity index is 2.40. The molecule has 0 fully saturated rings. The van der Waals surface area contributed by atoms with Crippen molar-refractivity contribution in [1.29, 1.82) is 0 Å². The molecule has 0 amide bonds. The van der Waals surface area contributed by atoms with Crippen molar-refractivity contribution < 1.29 is 21.9 Å². The molecule has 2 heterocycles. The number of aliphatic hydroxyl groups is 1. The molecule has 0 atom stereocenters. The zero-order valence-electron chi connectivity index (χ0n) is 17.3. The Morgan fingerprint density at radius 2 is 1.87 bits per heavy atom. The lowest BCUT2D eigenvalue weighted by Crippen LogP contribution is -2.35. The highest BCUT2D eigenvalue weighted by atomic mass is 35.5. The number of aryl methyl sites for hydroxylation is 1. The summed E-state index contributed by atoms with van der Waals surface area (Å²) in [5, 5.41) is 10.8. The first-order chi connectivity index (χ1) is 13.8. The van der Waals surface area contributed by atoms with Crippen LogP contribution in [0.15, 0.2) is 30.5 Å². The van der Waals surface area contributed by atoms with Crippen LogP contribution in [0.25, 0.3) is 10.7 Å². The third-order valence-electron chi connectivity index (χ3n) is 5.50. The predicted octanol–water partition coefficient (Wildman–Crippen LogP) is 3.88. The van der Waals surface area contributed by atoms with Gasteiger partial charge in [-0.1, -0.05) is 29.8 Å². The van der Waals surface area contributed by atoms with Gasteiger partial charge in [-0.05, 0) is 39.3 Å². The van der Waals surface area contributed by atoms with E-state index in [1.54, 1.807) is 25.1 Å². The Morgan fingerprint density at radius 3 is 2.47 bits per heavy atom. The van der Waals surface area contributed by atoms with Gasteiger partial charge in [0, 0.05) is 24.4 Å². The normalized spacial score (nSPS) is 17.5. The summed E-state index contributed by atoms with van der Waals surface area (Å²) in [5.74, 6) is -0.664. The number of rotatable bonds is 4. The van der Waals surface area contributed by atoms with Crippen LogP contribution >= 0.6 is 11.6 Å². The Kier molecular flexibility index (Phi) is 5.46. The van der Waals surface area contributed by atoms with E-state index in [2.05, 4.69) is 4.98 Å². The second-order valence-electron chi connectivity index (χ2n) is 7.55. The fourth-order valence-electron chi connectivity index (χ4n) is 3.54. The molecule has 162 valence electrons. The minimum Gasteiger partial charge on any atom is -0.504 e. The smallest absolute Gasteiger partial charge is 0.234 e. The number of sulfone groups is 1. The maximum Gasteiger partial charge on any atom is 0.234 e. The van der Waals surface area contributed by atoms with Crippen LogP contribution in [0.4, 0.5) is 5.69 Å². The van der Waals surface area contributed by atoms with Crippen molar-refractivity contribution in [2.75, 3.05) is 17.1 Å². The van der Waals surface area contributed by atoms with E-state index in [0.717, 1.165) is 4.31 Å². The summed E-state index contributed by atoms with van der Waals surface area (Å²) in [6.07, 6.45) is 1.46. The van der Waals surface area contributed by atoms with Crippen molar-refractivity contribution >= 4 is 47.8 Å². The van der Waals surface area contributed by atoms with Crippen LogP contribution in [0, 0.1) is 6.92 Å². The minimum atomic E-state index is -4.10. The van der Waals surface area contributed by atoms with Crippen molar-refractivity contribution in [2.45, 2.75) is 32.4 Å². The van der Waals surface area contributed by atoms with E-state index in [0.29, 0.717) is 11.1 Å². The molecule has 30 heavy (non-hydrogen) atoms. The summed E-state index contributed by atoms with van der Waals surface area (Å²) in [5.41, 5.74) is 1.27. The maximum atomic E-state index is 13.5. The molecule has 0 bridgehead atoms. The van der Waals surface area contributed by atoms with Crippen molar-refractivity contribution in [2.24, 2.45) is 0 Å². The molecule has 1 N–H and O–H groups in total. The van der Waals surface area contributed by atoms with Crippen molar-refractivity contribution in [3.05, 3.63) is 57.9 Å². The molecule has 1 aliphatic rings.